The van der Waals surface area contributed by atoms with Gasteiger partial charge in [0, 0.05) is 18.8 Å². The first-order valence-electron chi connectivity index (χ1n) is 5.51. The lowest BCUT2D eigenvalue weighted by molar-refractivity contribution is 0.392. The van der Waals surface area contributed by atoms with E-state index in [1.165, 1.54) is 6.26 Å². The maximum atomic E-state index is 11.6. The number of nitrogens with one attached hydrogen (secondary N) is 1. The molecule has 0 fully saturated rings. The minimum Gasteiger partial charge on any atom is -0.380 e. The fourth-order valence-corrected chi connectivity index (χ4v) is 2.62. The monoisotopic (exact) mass is 256 g/mol. The summed E-state index contributed by atoms with van der Waals surface area (Å²) in [5.74, 6) is 0. The Bertz CT molecular complexity index is 469. The number of anilines is 1. The number of hydrogen-bond donors (Lipinski definition) is 1. The molecule has 1 aromatic carbocycles. The predicted octanol–water partition coefficient (Wildman–Crippen LogP) is 1.45. The van der Waals surface area contributed by atoms with Gasteiger partial charge >= 0.3 is 0 Å². The van der Waals surface area contributed by atoms with Gasteiger partial charge in [-0.05, 0) is 33.2 Å². The molecule has 0 heterocycles. The molecule has 1 unspecified atom stereocenters. The van der Waals surface area contributed by atoms with Crippen molar-refractivity contribution in [3.05, 3.63) is 24.3 Å². The smallest absolute Gasteiger partial charge is 0.177 e. The van der Waals surface area contributed by atoms with E-state index in [1.807, 2.05) is 27.1 Å². The topological polar surface area (TPSA) is 49.4 Å². The van der Waals surface area contributed by atoms with Crippen LogP contribution in [0.2, 0.25) is 0 Å². The van der Waals surface area contributed by atoms with Crippen LogP contribution in [-0.2, 0) is 9.84 Å². The van der Waals surface area contributed by atoms with Gasteiger partial charge in [-0.25, -0.2) is 8.42 Å². The van der Waals surface area contributed by atoms with Crippen molar-refractivity contribution >= 4 is 15.5 Å². The number of benzene rings is 1. The normalized spacial score (nSPS) is 13.7. The molecular weight excluding hydrogens is 236 g/mol. The second kappa shape index (κ2) is 5.51. The van der Waals surface area contributed by atoms with Crippen LogP contribution in [0.1, 0.15) is 6.92 Å². The average molecular weight is 256 g/mol. The highest BCUT2D eigenvalue weighted by Crippen LogP contribution is 2.21. The third-order valence-electron chi connectivity index (χ3n) is 2.33. The predicted molar refractivity (Wildman–Crippen MR) is 71.2 cm³/mol. The zero-order valence-corrected chi connectivity index (χ0v) is 11.6. The van der Waals surface area contributed by atoms with Gasteiger partial charge < -0.3 is 10.2 Å². The summed E-state index contributed by atoms with van der Waals surface area (Å²) in [4.78, 5) is 2.41. The molecule has 0 spiro atoms. The minimum absolute atomic E-state index is 0.188. The van der Waals surface area contributed by atoms with E-state index in [2.05, 4.69) is 10.2 Å². The molecule has 0 aliphatic carbocycles. The third kappa shape index (κ3) is 4.36. The van der Waals surface area contributed by atoms with Crippen LogP contribution in [0.15, 0.2) is 29.2 Å². The molecule has 0 saturated carbocycles. The zero-order chi connectivity index (χ0) is 13.1. The molecule has 0 aliphatic rings. The van der Waals surface area contributed by atoms with Crippen LogP contribution in [0.5, 0.6) is 0 Å². The van der Waals surface area contributed by atoms with Gasteiger partial charge in [0.25, 0.3) is 0 Å². The van der Waals surface area contributed by atoms with Crippen molar-refractivity contribution in [2.24, 2.45) is 0 Å². The Hall–Kier alpha value is -1.07. The maximum Gasteiger partial charge on any atom is 0.177 e. The first-order valence-corrected chi connectivity index (χ1v) is 7.40. The highest BCUT2D eigenvalue weighted by atomic mass is 32.2. The molecule has 1 aromatic rings. The fourth-order valence-electron chi connectivity index (χ4n) is 1.77. The van der Waals surface area contributed by atoms with E-state index in [9.17, 15) is 8.42 Å². The van der Waals surface area contributed by atoms with Crippen molar-refractivity contribution in [2.45, 2.75) is 17.9 Å². The number of rotatable bonds is 5. The van der Waals surface area contributed by atoms with Gasteiger partial charge in [-0.15, -0.1) is 0 Å². The molecule has 5 heteroatoms. The quantitative estimate of drug-likeness (QED) is 0.866. The molecule has 0 amide bonds. The van der Waals surface area contributed by atoms with Crippen LogP contribution >= 0.6 is 0 Å². The van der Waals surface area contributed by atoms with Gasteiger partial charge in [-0.2, -0.15) is 0 Å². The van der Waals surface area contributed by atoms with Crippen molar-refractivity contribution in [1.29, 1.82) is 0 Å². The second-order valence-electron chi connectivity index (χ2n) is 4.58. The number of nitrogens with zero attached hydrogens (tertiary/aromatic N) is 1. The first-order chi connectivity index (χ1) is 7.80. The van der Waals surface area contributed by atoms with Crippen molar-refractivity contribution < 1.29 is 8.42 Å². The number of para-hydroxylation sites is 1. The molecule has 1 N–H and O–H groups in total. The molecule has 96 valence electrons. The van der Waals surface area contributed by atoms with Gasteiger partial charge in [0.2, 0.25) is 0 Å². The highest BCUT2D eigenvalue weighted by molar-refractivity contribution is 7.90. The SMILES string of the molecule is CC(CN(C)C)Nc1ccccc1S(C)(=O)=O. The van der Waals surface area contributed by atoms with Crippen LogP contribution in [-0.4, -0.2) is 46.3 Å². The Labute approximate surface area is 104 Å². The highest BCUT2D eigenvalue weighted by Gasteiger charge is 2.14. The van der Waals surface area contributed by atoms with Crippen molar-refractivity contribution in [1.82, 2.24) is 4.90 Å². The second-order valence-corrected chi connectivity index (χ2v) is 6.56. The van der Waals surface area contributed by atoms with Gasteiger partial charge in [-0.1, -0.05) is 12.1 Å². The summed E-state index contributed by atoms with van der Waals surface area (Å²) in [7, 11) is 0.790. The Morgan fingerprint density at radius 1 is 1.29 bits per heavy atom. The molecule has 0 radical (unpaired) electrons. The van der Waals surface area contributed by atoms with E-state index in [0.717, 1.165) is 6.54 Å². The lowest BCUT2D eigenvalue weighted by Crippen LogP contribution is -2.30. The lowest BCUT2D eigenvalue weighted by atomic mass is 10.2. The van der Waals surface area contributed by atoms with Crippen LogP contribution < -0.4 is 5.32 Å². The molecule has 1 atom stereocenters. The standard InChI is InChI=1S/C12H20N2O2S/c1-10(9-14(2)3)13-11-7-5-6-8-12(11)17(4,15)16/h5-8,10,13H,9H2,1-4H3. The number of likely N-dealkylation sites (N-methyl/N-ethyl adjacent to an activating group) is 1. The number of sulfone groups is 1. The molecule has 0 aliphatic heterocycles. The van der Waals surface area contributed by atoms with E-state index in [-0.39, 0.29) is 6.04 Å². The summed E-state index contributed by atoms with van der Waals surface area (Å²) in [6.07, 6.45) is 1.23. The Kier molecular flexibility index (Phi) is 4.54. The van der Waals surface area contributed by atoms with E-state index in [1.54, 1.807) is 18.2 Å². The summed E-state index contributed by atoms with van der Waals surface area (Å²) in [6.45, 7) is 2.87. The van der Waals surface area contributed by atoms with E-state index < -0.39 is 9.84 Å². The number of hydrogen-bond acceptors (Lipinski definition) is 4. The first kappa shape index (κ1) is 14.0. The van der Waals surface area contributed by atoms with Crippen molar-refractivity contribution in [3.63, 3.8) is 0 Å². The third-order valence-corrected chi connectivity index (χ3v) is 3.48. The van der Waals surface area contributed by atoms with Crippen LogP contribution in [0.25, 0.3) is 0 Å². The van der Waals surface area contributed by atoms with Crippen molar-refractivity contribution in [3.8, 4) is 0 Å². The summed E-state index contributed by atoms with van der Waals surface area (Å²) in [6, 6.07) is 7.17. The maximum absolute atomic E-state index is 11.6. The van der Waals surface area contributed by atoms with E-state index in [0.29, 0.717) is 10.6 Å². The van der Waals surface area contributed by atoms with Crippen molar-refractivity contribution in [2.75, 3.05) is 32.2 Å². The molecule has 4 nitrogen and oxygen atoms in total. The summed E-state index contributed by atoms with van der Waals surface area (Å²) in [5, 5.41) is 3.23. The Balaban J connectivity index is 2.92. The Morgan fingerprint density at radius 3 is 2.41 bits per heavy atom. The molecular formula is C12H20N2O2S. The summed E-state index contributed by atoms with van der Waals surface area (Å²) < 4.78 is 23.2. The molecule has 17 heavy (non-hydrogen) atoms. The van der Waals surface area contributed by atoms with Crippen LogP contribution in [0.3, 0.4) is 0 Å². The Morgan fingerprint density at radius 2 is 1.88 bits per heavy atom. The molecule has 1 rings (SSSR count). The summed E-state index contributed by atoms with van der Waals surface area (Å²) in [5.41, 5.74) is 0.671. The van der Waals surface area contributed by atoms with Gasteiger partial charge in [0.15, 0.2) is 9.84 Å². The van der Waals surface area contributed by atoms with Gasteiger partial charge in [-0.3, -0.25) is 0 Å². The molecule has 0 saturated heterocycles. The zero-order valence-electron chi connectivity index (χ0n) is 10.8. The van der Waals surface area contributed by atoms with Crippen LogP contribution in [0, 0.1) is 0 Å². The fraction of sp³-hybridized carbons (Fsp3) is 0.500. The minimum atomic E-state index is -3.18. The molecule has 0 bridgehead atoms. The summed E-state index contributed by atoms with van der Waals surface area (Å²) >= 11 is 0. The largest absolute Gasteiger partial charge is 0.380 e. The van der Waals surface area contributed by atoms with E-state index >= 15 is 0 Å². The lowest BCUT2D eigenvalue weighted by Gasteiger charge is -2.20. The van der Waals surface area contributed by atoms with E-state index in [4.69, 9.17) is 0 Å². The van der Waals surface area contributed by atoms with Crippen LogP contribution in [0.4, 0.5) is 5.69 Å². The molecule has 0 aromatic heterocycles. The van der Waals surface area contributed by atoms with Gasteiger partial charge in [0.1, 0.15) is 0 Å². The van der Waals surface area contributed by atoms with Gasteiger partial charge in [0.05, 0.1) is 10.6 Å². The average Bonchev–Trinajstić information content (AvgIpc) is 2.15.